The Bertz CT molecular complexity index is 271. The van der Waals surface area contributed by atoms with Crippen LogP contribution in [-0.2, 0) is 0 Å². The molecule has 1 aliphatic rings. The highest BCUT2D eigenvalue weighted by Crippen LogP contribution is 2.16. The number of nitrogens with zero attached hydrogens (tertiary/aromatic N) is 2. The van der Waals surface area contributed by atoms with Crippen LogP contribution in [0.25, 0.3) is 0 Å². The summed E-state index contributed by atoms with van der Waals surface area (Å²) in [6, 6.07) is 2.72. The van der Waals surface area contributed by atoms with Crippen molar-refractivity contribution in [2.45, 2.75) is 26.3 Å². The molecule has 0 aliphatic carbocycles. The largest absolute Gasteiger partial charge is 0.315 e. The molecule has 12 heavy (non-hydrogen) atoms. The van der Waals surface area contributed by atoms with Crippen LogP contribution < -0.4 is 5.32 Å². The van der Waals surface area contributed by atoms with Crippen molar-refractivity contribution < 1.29 is 0 Å². The lowest BCUT2D eigenvalue weighted by atomic mass is 10.2. The van der Waals surface area contributed by atoms with Crippen LogP contribution in [0, 0.1) is 13.8 Å². The lowest BCUT2D eigenvalue weighted by Gasteiger charge is -2.10. The summed E-state index contributed by atoms with van der Waals surface area (Å²) in [6.45, 7) is 6.37. The van der Waals surface area contributed by atoms with E-state index in [0.717, 1.165) is 18.8 Å². The molecule has 0 radical (unpaired) electrons. The molecule has 1 aromatic heterocycles. The smallest absolute Gasteiger partial charge is 0.0658 e. The fourth-order valence-corrected chi connectivity index (χ4v) is 1.86. The number of hydrogen-bond acceptors (Lipinski definition) is 2. The lowest BCUT2D eigenvalue weighted by Crippen LogP contribution is -2.15. The Morgan fingerprint density at radius 1 is 1.58 bits per heavy atom. The Morgan fingerprint density at radius 2 is 2.42 bits per heavy atom. The van der Waals surface area contributed by atoms with Crippen LogP contribution in [0.4, 0.5) is 0 Å². The average molecular weight is 165 g/mol. The molecule has 66 valence electrons. The van der Waals surface area contributed by atoms with Gasteiger partial charge in [-0.2, -0.15) is 5.10 Å². The average Bonchev–Trinajstić information content (AvgIpc) is 2.58. The molecular weight excluding hydrogens is 150 g/mol. The van der Waals surface area contributed by atoms with Crippen LogP contribution >= 0.6 is 0 Å². The minimum Gasteiger partial charge on any atom is -0.315 e. The van der Waals surface area contributed by atoms with Crippen molar-refractivity contribution >= 4 is 0 Å². The van der Waals surface area contributed by atoms with E-state index in [9.17, 15) is 0 Å². The van der Waals surface area contributed by atoms with Crippen LogP contribution in [-0.4, -0.2) is 22.9 Å². The van der Waals surface area contributed by atoms with Gasteiger partial charge in [-0.05, 0) is 32.9 Å². The minimum atomic E-state index is 0.582. The van der Waals surface area contributed by atoms with Gasteiger partial charge in [-0.3, -0.25) is 4.68 Å². The highest BCUT2D eigenvalue weighted by Gasteiger charge is 2.18. The minimum absolute atomic E-state index is 0.582. The molecule has 0 saturated carbocycles. The highest BCUT2D eigenvalue weighted by atomic mass is 15.3. The first-order chi connectivity index (χ1) is 5.77. The zero-order chi connectivity index (χ0) is 8.55. The standard InChI is InChI=1S/C9H15N3/c1-7-5-8(2)12(11-7)9-3-4-10-6-9/h5,9-10H,3-4,6H2,1-2H3/t9-/m0/s1. The van der Waals surface area contributed by atoms with Crippen molar-refractivity contribution in [2.24, 2.45) is 0 Å². The van der Waals surface area contributed by atoms with Crippen molar-refractivity contribution in [1.29, 1.82) is 0 Å². The molecule has 1 atom stereocenters. The molecule has 0 amide bonds. The first-order valence-corrected chi connectivity index (χ1v) is 4.51. The fraction of sp³-hybridized carbons (Fsp3) is 0.667. The fourth-order valence-electron chi connectivity index (χ4n) is 1.86. The number of aromatic nitrogens is 2. The molecule has 0 spiro atoms. The molecule has 3 heteroatoms. The van der Waals surface area contributed by atoms with Gasteiger partial charge < -0.3 is 5.32 Å². The molecule has 1 N–H and O–H groups in total. The molecule has 3 nitrogen and oxygen atoms in total. The van der Waals surface area contributed by atoms with E-state index in [0.29, 0.717) is 6.04 Å². The van der Waals surface area contributed by atoms with Crippen molar-refractivity contribution in [3.63, 3.8) is 0 Å². The predicted octanol–water partition coefficient (Wildman–Crippen LogP) is 1.03. The molecule has 1 aromatic rings. The lowest BCUT2D eigenvalue weighted by molar-refractivity contribution is 0.477. The predicted molar refractivity (Wildman–Crippen MR) is 48.2 cm³/mol. The van der Waals surface area contributed by atoms with Crippen LogP contribution in [0.3, 0.4) is 0 Å². The van der Waals surface area contributed by atoms with Gasteiger partial charge in [-0.15, -0.1) is 0 Å². The number of aryl methyl sites for hydroxylation is 2. The van der Waals surface area contributed by atoms with Crippen molar-refractivity contribution in [3.05, 3.63) is 17.5 Å². The van der Waals surface area contributed by atoms with E-state index in [1.54, 1.807) is 0 Å². The van der Waals surface area contributed by atoms with Crippen LogP contribution in [0.15, 0.2) is 6.07 Å². The van der Waals surface area contributed by atoms with Crippen LogP contribution in [0.5, 0.6) is 0 Å². The summed E-state index contributed by atoms with van der Waals surface area (Å²) >= 11 is 0. The molecule has 1 saturated heterocycles. The molecule has 0 aromatic carbocycles. The third-order valence-corrected chi connectivity index (χ3v) is 2.42. The maximum atomic E-state index is 4.47. The topological polar surface area (TPSA) is 29.9 Å². The van der Waals surface area contributed by atoms with Crippen molar-refractivity contribution in [1.82, 2.24) is 15.1 Å². The van der Waals surface area contributed by atoms with Gasteiger partial charge in [-0.1, -0.05) is 0 Å². The van der Waals surface area contributed by atoms with Crippen molar-refractivity contribution in [2.75, 3.05) is 13.1 Å². The maximum Gasteiger partial charge on any atom is 0.0658 e. The van der Waals surface area contributed by atoms with Gasteiger partial charge >= 0.3 is 0 Å². The summed E-state index contributed by atoms with van der Waals surface area (Å²) in [5, 5.41) is 7.82. The van der Waals surface area contributed by atoms with E-state index in [2.05, 4.69) is 28.1 Å². The number of hydrogen-bond donors (Lipinski definition) is 1. The van der Waals surface area contributed by atoms with E-state index < -0.39 is 0 Å². The van der Waals surface area contributed by atoms with E-state index in [4.69, 9.17) is 0 Å². The molecule has 1 fully saturated rings. The molecule has 2 rings (SSSR count). The summed E-state index contributed by atoms with van der Waals surface area (Å²) in [5.74, 6) is 0. The SMILES string of the molecule is Cc1cc(C)n([C@H]2CCNC2)n1. The molecule has 0 bridgehead atoms. The summed E-state index contributed by atoms with van der Waals surface area (Å²) in [4.78, 5) is 0. The van der Waals surface area contributed by atoms with Crippen LogP contribution in [0.1, 0.15) is 23.9 Å². The Balaban J connectivity index is 2.25. The Kier molecular flexibility index (Phi) is 1.89. The van der Waals surface area contributed by atoms with Gasteiger partial charge in [0.2, 0.25) is 0 Å². The molecule has 2 heterocycles. The second-order valence-electron chi connectivity index (χ2n) is 3.52. The summed E-state index contributed by atoms with van der Waals surface area (Å²) in [5.41, 5.74) is 2.40. The first-order valence-electron chi connectivity index (χ1n) is 4.51. The zero-order valence-electron chi connectivity index (χ0n) is 7.67. The van der Waals surface area contributed by atoms with E-state index in [1.807, 2.05) is 6.92 Å². The first kappa shape index (κ1) is 7.80. The van der Waals surface area contributed by atoms with E-state index in [1.165, 1.54) is 12.1 Å². The van der Waals surface area contributed by atoms with E-state index >= 15 is 0 Å². The molecular formula is C9H15N3. The highest BCUT2D eigenvalue weighted by molar-refractivity contribution is 5.08. The second kappa shape index (κ2) is 2.90. The molecule has 0 unspecified atom stereocenters. The number of rotatable bonds is 1. The van der Waals surface area contributed by atoms with Crippen LogP contribution in [0.2, 0.25) is 0 Å². The Hall–Kier alpha value is -0.830. The van der Waals surface area contributed by atoms with Gasteiger partial charge in [0.15, 0.2) is 0 Å². The summed E-state index contributed by atoms with van der Waals surface area (Å²) < 4.78 is 2.15. The molecule has 1 aliphatic heterocycles. The van der Waals surface area contributed by atoms with Gasteiger partial charge in [0.25, 0.3) is 0 Å². The van der Waals surface area contributed by atoms with Crippen molar-refractivity contribution in [3.8, 4) is 0 Å². The van der Waals surface area contributed by atoms with E-state index in [-0.39, 0.29) is 0 Å². The normalized spacial score (nSPS) is 23.3. The summed E-state index contributed by atoms with van der Waals surface area (Å²) in [7, 11) is 0. The number of nitrogens with one attached hydrogen (secondary N) is 1. The van der Waals surface area contributed by atoms with Gasteiger partial charge in [0.1, 0.15) is 0 Å². The third kappa shape index (κ3) is 1.25. The van der Waals surface area contributed by atoms with Gasteiger partial charge in [-0.25, -0.2) is 0 Å². The third-order valence-electron chi connectivity index (χ3n) is 2.42. The zero-order valence-corrected chi connectivity index (χ0v) is 7.67. The monoisotopic (exact) mass is 165 g/mol. The summed E-state index contributed by atoms with van der Waals surface area (Å²) in [6.07, 6.45) is 1.21. The van der Waals surface area contributed by atoms with Gasteiger partial charge in [0.05, 0.1) is 11.7 Å². The quantitative estimate of drug-likeness (QED) is 0.673. The van der Waals surface area contributed by atoms with Gasteiger partial charge in [0, 0.05) is 12.2 Å². The Labute approximate surface area is 72.8 Å². The maximum absolute atomic E-state index is 4.47. The Morgan fingerprint density at radius 3 is 2.92 bits per heavy atom. The second-order valence-corrected chi connectivity index (χ2v) is 3.52.